The van der Waals surface area contributed by atoms with Gasteiger partial charge in [0, 0.05) is 16.4 Å². The highest BCUT2D eigenvalue weighted by atomic mass is 79.9. The zero-order chi connectivity index (χ0) is 13.8. The Labute approximate surface area is 124 Å². The van der Waals surface area contributed by atoms with E-state index in [1.54, 1.807) is 12.3 Å². The molecule has 2 aromatic heterocycles. The van der Waals surface area contributed by atoms with Crippen LogP contribution in [0.5, 0.6) is 0 Å². The van der Waals surface area contributed by atoms with Crippen LogP contribution in [0.4, 0.5) is 0 Å². The molecule has 0 aliphatic rings. The first-order valence-corrected chi connectivity index (χ1v) is 6.75. The molecule has 0 radical (unpaired) electrons. The number of rotatable bonds is 3. The Bertz CT molecular complexity index is 619. The van der Waals surface area contributed by atoms with Gasteiger partial charge in [-0.05, 0) is 41.1 Å². The van der Waals surface area contributed by atoms with Gasteiger partial charge in [0.25, 0.3) is 5.91 Å². The summed E-state index contributed by atoms with van der Waals surface area (Å²) in [5, 5.41) is 2.94. The van der Waals surface area contributed by atoms with Gasteiger partial charge in [0.2, 0.25) is 0 Å². The van der Waals surface area contributed by atoms with Crippen LogP contribution in [0, 0.1) is 6.92 Å². The minimum atomic E-state index is -0.276. The number of carbonyl (C=O) groups excluding carboxylic acids is 1. The van der Waals surface area contributed by atoms with Gasteiger partial charge >= 0.3 is 0 Å². The maximum absolute atomic E-state index is 12.0. The Kier molecular flexibility index (Phi) is 4.50. The average Bonchev–Trinajstić information content (AvgIpc) is 2.39. The molecule has 19 heavy (non-hydrogen) atoms. The molecule has 0 atom stereocenters. The molecule has 1 N–H and O–H groups in total. The molecule has 0 aliphatic carbocycles. The number of nitrogens with zero attached hydrogens (tertiary/aromatic N) is 2. The van der Waals surface area contributed by atoms with Gasteiger partial charge in [0.05, 0.1) is 17.8 Å². The minimum Gasteiger partial charge on any atom is -0.346 e. The molecule has 0 aliphatic heterocycles. The van der Waals surface area contributed by atoms with Crippen molar-refractivity contribution >= 4 is 33.4 Å². The van der Waals surface area contributed by atoms with Crippen LogP contribution in [-0.4, -0.2) is 15.9 Å². The van der Waals surface area contributed by atoms with E-state index < -0.39 is 0 Å². The molecule has 0 saturated heterocycles. The zero-order valence-corrected chi connectivity index (χ0v) is 12.5. The van der Waals surface area contributed by atoms with Crippen molar-refractivity contribution in [1.29, 1.82) is 0 Å². The summed E-state index contributed by atoms with van der Waals surface area (Å²) < 4.78 is 0.704. The van der Waals surface area contributed by atoms with Gasteiger partial charge in [-0.15, -0.1) is 0 Å². The molecule has 98 valence electrons. The Morgan fingerprint density at radius 1 is 1.47 bits per heavy atom. The minimum absolute atomic E-state index is 0.179. The van der Waals surface area contributed by atoms with Crippen molar-refractivity contribution in [3.8, 4) is 0 Å². The Morgan fingerprint density at radius 2 is 2.26 bits per heavy atom. The van der Waals surface area contributed by atoms with Gasteiger partial charge in [0.1, 0.15) is 5.15 Å². The van der Waals surface area contributed by atoms with E-state index in [2.05, 4.69) is 31.2 Å². The molecule has 1 amide bonds. The number of nitrogens with one attached hydrogen (secondary N) is 1. The second-order valence-corrected chi connectivity index (χ2v) is 5.22. The number of hydrogen-bond acceptors (Lipinski definition) is 3. The lowest BCUT2D eigenvalue weighted by molar-refractivity contribution is 0.0950. The van der Waals surface area contributed by atoms with Crippen molar-refractivity contribution in [2.24, 2.45) is 0 Å². The van der Waals surface area contributed by atoms with Gasteiger partial charge in [-0.2, -0.15) is 0 Å². The molecule has 0 aromatic carbocycles. The topological polar surface area (TPSA) is 54.9 Å². The molecule has 0 fully saturated rings. The number of halogens is 2. The lowest BCUT2D eigenvalue weighted by Crippen LogP contribution is -2.24. The SMILES string of the molecule is Cc1cccc(CNC(=O)c2cc(Br)cnc2Cl)n1. The highest BCUT2D eigenvalue weighted by Crippen LogP contribution is 2.17. The van der Waals surface area contributed by atoms with Crippen molar-refractivity contribution in [3.05, 3.63) is 57.0 Å². The van der Waals surface area contributed by atoms with Gasteiger partial charge in [-0.3, -0.25) is 9.78 Å². The van der Waals surface area contributed by atoms with Crippen LogP contribution in [0.15, 0.2) is 34.9 Å². The van der Waals surface area contributed by atoms with Crippen LogP contribution in [0.3, 0.4) is 0 Å². The first-order valence-electron chi connectivity index (χ1n) is 5.58. The Hall–Kier alpha value is -1.46. The van der Waals surface area contributed by atoms with E-state index in [-0.39, 0.29) is 11.1 Å². The summed E-state index contributed by atoms with van der Waals surface area (Å²) in [4.78, 5) is 20.2. The van der Waals surface area contributed by atoms with E-state index in [1.807, 2.05) is 25.1 Å². The third-order valence-electron chi connectivity index (χ3n) is 2.43. The molecule has 0 unspecified atom stereocenters. The van der Waals surface area contributed by atoms with Gasteiger partial charge in [0.15, 0.2) is 0 Å². The maximum Gasteiger partial charge on any atom is 0.254 e. The van der Waals surface area contributed by atoms with E-state index in [0.717, 1.165) is 11.4 Å². The normalized spacial score (nSPS) is 10.3. The van der Waals surface area contributed by atoms with E-state index in [1.165, 1.54) is 0 Å². The van der Waals surface area contributed by atoms with Crippen LogP contribution < -0.4 is 5.32 Å². The van der Waals surface area contributed by atoms with E-state index in [0.29, 0.717) is 16.6 Å². The molecule has 2 heterocycles. The molecule has 6 heteroatoms. The van der Waals surface area contributed by atoms with Crippen LogP contribution in [-0.2, 0) is 6.54 Å². The fourth-order valence-corrected chi connectivity index (χ4v) is 2.07. The molecule has 4 nitrogen and oxygen atoms in total. The van der Waals surface area contributed by atoms with E-state index >= 15 is 0 Å². The third kappa shape index (κ3) is 3.75. The highest BCUT2D eigenvalue weighted by Gasteiger charge is 2.11. The smallest absolute Gasteiger partial charge is 0.254 e. The van der Waals surface area contributed by atoms with Gasteiger partial charge < -0.3 is 5.32 Å². The molecular formula is C13H11BrClN3O. The van der Waals surface area contributed by atoms with Crippen LogP contribution in [0.25, 0.3) is 0 Å². The van der Waals surface area contributed by atoms with Gasteiger partial charge in [-0.25, -0.2) is 4.98 Å². The number of amides is 1. The van der Waals surface area contributed by atoms with E-state index in [4.69, 9.17) is 11.6 Å². The summed E-state index contributed by atoms with van der Waals surface area (Å²) in [5.41, 5.74) is 2.05. The Balaban J connectivity index is 2.07. The van der Waals surface area contributed by atoms with Crippen molar-refractivity contribution < 1.29 is 4.79 Å². The number of aromatic nitrogens is 2. The fourth-order valence-electron chi connectivity index (χ4n) is 1.55. The molecule has 0 saturated carbocycles. The number of carbonyl (C=O) groups is 1. The van der Waals surface area contributed by atoms with E-state index in [9.17, 15) is 4.79 Å². The first kappa shape index (κ1) is 14.0. The molecule has 0 spiro atoms. The van der Waals surface area contributed by atoms with Crippen LogP contribution in [0.1, 0.15) is 21.7 Å². The molecular weight excluding hydrogens is 330 g/mol. The molecule has 0 bridgehead atoms. The summed E-state index contributed by atoms with van der Waals surface area (Å²) in [6, 6.07) is 7.29. The maximum atomic E-state index is 12.0. The summed E-state index contributed by atoms with van der Waals surface area (Å²) in [6.07, 6.45) is 1.54. The quantitative estimate of drug-likeness (QED) is 0.873. The average molecular weight is 341 g/mol. The largest absolute Gasteiger partial charge is 0.346 e. The fraction of sp³-hybridized carbons (Fsp3) is 0.154. The third-order valence-corrected chi connectivity index (χ3v) is 3.16. The first-order chi connectivity index (χ1) is 9.06. The van der Waals surface area contributed by atoms with Crippen molar-refractivity contribution in [2.45, 2.75) is 13.5 Å². The van der Waals surface area contributed by atoms with Crippen molar-refractivity contribution in [1.82, 2.24) is 15.3 Å². The summed E-state index contributed by atoms with van der Waals surface area (Å²) in [6.45, 7) is 2.25. The van der Waals surface area contributed by atoms with Crippen molar-refractivity contribution in [3.63, 3.8) is 0 Å². The van der Waals surface area contributed by atoms with Gasteiger partial charge in [-0.1, -0.05) is 17.7 Å². The predicted octanol–water partition coefficient (Wildman–Crippen LogP) is 3.13. The predicted molar refractivity (Wildman–Crippen MR) is 77.1 cm³/mol. The molecule has 2 rings (SSSR count). The Morgan fingerprint density at radius 3 is 3.00 bits per heavy atom. The zero-order valence-electron chi connectivity index (χ0n) is 10.2. The highest BCUT2D eigenvalue weighted by molar-refractivity contribution is 9.10. The summed E-state index contributed by atoms with van der Waals surface area (Å²) in [5.74, 6) is -0.276. The number of aryl methyl sites for hydroxylation is 1. The lowest BCUT2D eigenvalue weighted by atomic mass is 10.2. The summed E-state index contributed by atoms with van der Waals surface area (Å²) >= 11 is 9.15. The van der Waals surface area contributed by atoms with Crippen molar-refractivity contribution in [2.75, 3.05) is 0 Å². The number of pyridine rings is 2. The number of hydrogen-bond donors (Lipinski definition) is 1. The summed E-state index contributed by atoms with van der Waals surface area (Å²) in [7, 11) is 0. The monoisotopic (exact) mass is 339 g/mol. The second kappa shape index (κ2) is 6.12. The van der Waals surface area contributed by atoms with Crippen LogP contribution >= 0.6 is 27.5 Å². The van der Waals surface area contributed by atoms with Crippen LogP contribution in [0.2, 0.25) is 5.15 Å². The lowest BCUT2D eigenvalue weighted by Gasteiger charge is -2.06. The standard InChI is InChI=1S/C13H11BrClN3O/c1-8-3-2-4-10(18-8)7-17-13(19)11-5-9(14)6-16-12(11)15/h2-6H,7H2,1H3,(H,17,19). The molecule has 2 aromatic rings. The second-order valence-electron chi connectivity index (χ2n) is 3.94.